The minimum atomic E-state index is -0.617. The number of carbonyl (C=O) groups excluding carboxylic acids is 2. The van der Waals surface area contributed by atoms with Crippen LogP contribution in [0.25, 0.3) is 0 Å². The molecule has 5 heteroatoms. The molecule has 1 aromatic carbocycles. The SMILES string of the molecule is CCC(O)CCNC(=O)C1CCN(c2ccc(C(C)C)cc2)C1=O. The van der Waals surface area contributed by atoms with Gasteiger partial charge in [-0.15, -0.1) is 0 Å². The number of benzene rings is 1. The smallest absolute Gasteiger partial charge is 0.239 e. The molecule has 24 heavy (non-hydrogen) atoms. The van der Waals surface area contributed by atoms with E-state index < -0.39 is 12.0 Å². The van der Waals surface area contributed by atoms with Gasteiger partial charge in [-0.05, 0) is 42.9 Å². The van der Waals surface area contributed by atoms with Crippen LogP contribution in [0.1, 0.15) is 51.5 Å². The van der Waals surface area contributed by atoms with Crippen molar-refractivity contribution in [3.8, 4) is 0 Å². The number of amides is 2. The van der Waals surface area contributed by atoms with Crippen LogP contribution < -0.4 is 10.2 Å². The lowest BCUT2D eigenvalue weighted by molar-refractivity contribution is -0.132. The van der Waals surface area contributed by atoms with Crippen LogP contribution in [0.2, 0.25) is 0 Å². The van der Waals surface area contributed by atoms with Gasteiger partial charge in [0.15, 0.2) is 0 Å². The molecule has 0 radical (unpaired) electrons. The highest BCUT2D eigenvalue weighted by Crippen LogP contribution is 2.27. The van der Waals surface area contributed by atoms with Crippen LogP contribution in [0.3, 0.4) is 0 Å². The third kappa shape index (κ3) is 4.35. The summed E-state index contributed by atoms with van der Waals surface area (Å²) in [7, 11) is 0. The van der Waals surface area contributed by atoms with E-state index in [9.17, 15) is 14.7 Å². The van der Waals surface area contributed by atoms with Gasteiger partial charge < -0.3 is 15.3 Å². The molecule has 2 N–H and O–H groups in total. The number of rotatable bonds is 7. The summed E-state index contributed by atoms with van der Waals surface area (Å²) in [6.45, 7) is 7.13. The van der Waals surface area contributed by atoms with Crippen LogP contribution in [0.5, 0.6) is 0 Å². The summed E-state index contributed by atoms with van der Waals surface area (Å²) < 4.78 is 0. The lowest BCUT2D eigenvalue weighted by Gasteiger charge is -2.18. The summed E-state index contributed by atoms with van der Waals surface area (Å²) in [4.78, 5) is 26.4. The van der Waals surface area contributed by atoms with Crippen molar-refractivity contribution in [1.29, 1.82) is 0 Å². The Morgan fingerprint density at radius 1 is 1.33 bits per heavy atom. The molecule has 1 fully saturated rings. The zero-order valence-electron chi connectivity index (χ0n) is 14.8. The Morgan fingerprint density at radius 3 is 2.58 bits per heavy atom. The first-order valence-electron chi connectivity index (χ1n) is 8.81. The molecule has 0 aliphatic carbocycles. The van der Waals surface area contributed by atoms with Crippen molar-refractivity contribution >= 4 is 17.5 Å². The van der Waals surface area contributed by atoms with E-state index in [1.54, 1.807) is 4.90 Å². The number of hydrogen-bond donors (Lipinski definition) is 2. The van der Waals surface area contributed by atoms with E-state index in [1.165, 1.54) is 5.56 Å². The second-order valence-corrected chi connectivity index (χ2v) is 6.72. The number of nitrogens with zero attached hydrogens (tertiary/aromatic N) is 1. The molecular formula is C19H28N2O3. The molecule has 1 saturated heterocycles. The molecule has 1 aliphatic rings. The predicted molar refractivity (Wildman–Crippen MR) is 94.9 cm³/mol. The molecule has 2 amide bonds. The third-order valence-corrected chi connectivity index (χ3v) is 4.64. The Morgan fingerprint density at radius 2 is 2.00 bits per heavy atom. The molecule has 5 nitrogen and oxygen atoms in total. The van der Waals surface area contributed by atoms with E-state index >= 15 is 0 Å². The number of aliphatic hydroxyl groups is 1. The Hall–Kier alpha value is -1.88. The number of aliphatic hydroxyl groups excluding tert-OH is 1. The topological polar surface area (TPSA) is 69.6 Å². The average molecular weight is 332 g/mol. The molecule has 0 aromatic heterocycles. The molecular weight excluding hydrogens is 304 g/mol. The normalized spacial score (nSPS) is 19.0. The lowest BCUT2D eigenvalue weighted by Crippen LogP contribution is -2.37. The number of nitrogens with one attached hydrogen (secondary N) is 1. The number of carbonyl (C=O) groups is 2. The first-order chi connectivity index (χ1) is 11.4. The van der Waals surface area contributed by atoms with Gasteiger partial charge >= 0.3 is 0 Å². The van der Waals surface area contributed by atoms with Crippen molar-refractivity contribution in [2.45, 2.75) is 52.1 Å². The first kappa shape index (κ1) is 18.5. The van der Waals surface area contributed by atoms with Crippen LogP contribution >= 0.6 is 0 Å². The monoisotopic (exact) mass is 332 g/mol. The summed E-state index contributed by atoms with van der Waals surface area (Å²) in [5.74, 6) is -0.538. The molecule has 2 rings (SSSR count). The molecule has 0 bridgehead atoms. The molecule has 1 heterocycles. The van der Waals surface area contributed by atoms with Crippen molar-refractivity contribution in [2.24, 2.45) is 5.92 Å². The van der Waals surface area contributed by atoms with Crippen molar-refractivity contribution < 1.29 is 14.7 Å². The standard InChI is InChI=1S/C19H28N2O3/c1-4-16(22)9-11-20-18(23)17-10-12-21(19(17)24)15-7-5-14(6-8-15)13(2)3/h5-8,13,16-17,22H,4,9-12H2,1-3H3,(H,20,23). The minimum Gasteiger partial charge on any atom is -0.393 e. The fourth-order valence-corrected chi connectivity index (χ4v) is 2.91. The van der Waals surface area contributed by atoms with Gasteiger partial charge in [0, 0.05) is 18.8 Å². The van der Waals surface area contributed by atoms with Crippen molar-refractivity contribution in [3.63, 3.8) is 0 Å². The maximum atomic E-state index is 12.5. The van der Waals surface area contributed by atoms with Gasteiger partial charge in [0.2, 0.25) is 11.8 Å². The Balaban J connectivity index is 1.93. The first-order valence-corrected chi connectivity index (χ1v) is 8.81. The highest BCUT2D eigenvalue weighted by Gasteiger charge is 2.37. The summed E-state index contributed by atoms with van der Waals surface area (Å²) >= 11 is 0. The van der Waals surface area contributed by atoms with E-state index in [2.05, 4.69) is 19.2 Å². The van der Waals surface area contributed by atoms with Gasteiger partial charge in [-0.25, -0.2) is 0 Å². The van der Waals surface area contributed by atoms with Gasteiger partial charge in [0.25, 0.3) is 0 Å². The maximum Gasteiger partial charge on any atom is 0.239 e. The molecule has 132 valence electrons. The zero-order chi connectivity index (χ0) is 17.7. The Bertz CT molecular complexity index is 568. The van der Waals surface area contributed by atoms with Crippen LogP contribution in [-0.4, -0.2) is 36.1 Å². The highest BCUT2D eigenvalue weighted by molar-refractivity contribution is 6.09. The van der Waals surface area contributed by atoms with E-state index in [0.29, 0.717) is 38.3 Å². The van der Waals surface area contributed by atoms with Gasteiger partial charge in [-0.3, -0.25) is 9.59 Å². The van der Waals surface area contributed by atoms with Crippen molar-refractivity contribution in [2.75, 3.05) is 18.0 Å². The highest BCUT2D eigenvalue weighted by atomic mass is 16.3. The summed E-state index contributed by atoms with van der Waals surface area (Å²) in [5.41, 5.74) is 2.08. The zero-order valence-corrected chi connectivity index (χ0v) is 14.8. The average Bonchev–Trinajstić information content (AvgIpc) is 2.96. The molecule has 0 spiro atoms. The van der Waals surface area contributed by atoms with Crippen LogP contribution in [-0.2, 0) is 9.59 Å². The summed E-state index contributed by atoms with van der Waals surface area (Å²) in [6, 6.07) is 7.97. The van der Waals surface area contributed by atoms with Crippen molar-refractivity contribution in [1.82, 2.24) is 5.32 Å². The molecule has 1 aliphatic heterocycles. The third-order valence-electron chi connectivity index (χ3n) is 4.64. The van der Waals surface area contributed by atoms with Crippen LogP contribution in [0.15, 0.2) is 24.3 Å². The van der Waals surface area contributed by atoms with Gasteiger partial charge in [0.05, 0.1) is 6.10 Å². The largest absolute Gasteiger partial charge is 0.393 e. The van der Waals surface area contributed by atoms with Crippen molar-refractivity contribution in [3.05, 3.63) is 29.8 Å². The lowest BCUT2D eigenvalue weighted by atomic mass is 10.0. The molecule has 2 unspecified atom stereocenters. The van der Waals surface area contributed by atoms with Gasteiger partial charge in [-0.2, -0.15) is 0 Å². The summed E-state index contributed by atoms with van der Waals surface area (Å²) in [6.07, 6.45) is 1.31. The van der Waals surface area contributed by atoms with Gasteiger partial charge in [0.1, 0.15) is 5.92 Å². The van der Waals surface area contributed by atoms with E-state index in [4.69, 9.17) is 0 Å². The maximum absolute atomic E-state index is 12.5. The summed E-state index contributed by atoms with van der Waals surface area (Å²) in [5, 5.41) is 12.3. The van der Waals surface area contributed by atoms with E-state index in [1.807, 2.05) is 31.2 Å². The van der Waals surface area contributed by atoms with Crippen LogP contribution in [0, 0.1) is 5.92 Å². The quantitative estimate of drug-likeness (QED) is 0.754. The molecule has 0 saturated carbocycles. The number of anilines is 1. The van der Waals surface area contributed by atoms with E-state index in [0.717, 1.165) is 5.69 Å². The number of hydrogen-bond acceptors (Lipinski definition) is 3. The molecule has 1 aromatic rings. The fourth-order valence-electron chi connectivity index (χ4n) is 2.91. The Kier molecular flexibility index (Phi) is 6.37. The van der Waals surface area contributed by atoms with Gasteiger partial charge in [-0.1, -0.05) is 32.9 Å². The second kappa shape index (κ2) is 8.29. The van der Waals surface area contributed by atoms with Crippen LogP contribution in [0.4, 0.5) is 5.69 Å². The predicted octanol–water partition coefficient (Wildman–Crippen LogP) is 2.44. The minimum absolute atomic E-state index is 0.138. The Labute approximate surface area is 144 Å². The fraction of sp³-hybridized carbons (Fsp3) is 0.579. The second-order valence-electron chi connectivity index (χ2n) is 6.72. The van der Waals surface area contributed by atoms with E-state index in [-0.39, 0.29) is 11.8 Å². The molecule has 2 atom stereocenters.